The molecule has 0 radical (unpaired) electrons. The highest BCUT2D eigenvalue weighted by molar-refractivity contribution is 5.98. The van der Waals surface area contributed by atoms with Crippen LogP contribution in [0.3, 0.4) is 0 Å². The number of carbonyl (C=O) groups is 2. The highest BCUT2D eigenvalue weighted by Gasteiger charge is 2.22. The van der Waals surface area contributed by atoms with Crippen molar-refractivity contribution in [1.29, 1.82) is 0 Å². The van der Waals surface area contributed by atoms with E-state index in [0.29, 0.717) is 11.1 Å². The molecule has 0 bridgehead atoms. The predicted octanol–water partition coefficient (Wildman–Crippen LogP) is 3.91. The fourth-order valence-electron chi connectivity index (χ4n) is 3.21. The molecule has 0 saturated heterocycles. The molecular formula is C22H20N2O6. The van der Waals surface area contributed by atoms with Crippen molar-refractivity contribution in [3.05, 3.63) is 81.0 Å². The second-order valence-electron chi connectivity index (χ2n) is 6.52. The number of fused-ring (bicyclic) bond motifs is 1. The number of para-hydroxylation sites is 2. The molecule has 1 heterocycles. The number of carbonyl (C=O) groups excluding carboxylic acids is 2. The van der Waals surface area contributed by atoms with Gasteiger partial charge in [0.15, 0.2) is 0 Å². The van der Waals surface area contributed by atoms with E-state index in [9.17, 15) is 19.7 Å². The summed E-state index contributed by atoms with van der Waals surface area (Å²) in [6.07, 6.45) is -0.265. The van der Waals surface area contributed by atoms with Gasteiger partial charge in [0.1, 0.15) is 6.61 Å². The van der Waals surface area contributed by atoms with Gasteiger partial charge in [0, 0.05) is 17.0 Å². The largest absolute Gasteiger partial charge is 0.462 e. The Morgan fingerprint density at radius 2 is 1.77 bits per heavy atom. The van der Waals surface area contributed by atoms with Gasteiger partial charge < -0.3 is 9.47 Å². The Kier molecular flexibility index (Phi) is 6.36. The van der Waals surface area contributed by atoms with Gasteiger partial charge in [-0.25, -0.2) is 9.78 Å². The van der Waals surface area contributed by atoms with Crippen LogP contribution in [0.25, 0.3) is 10.9 Å². The lowest BCUT2D eigenvalue weighted by atomic mass is 10.0. The number of hydrogen-bond acceptors (Lipinski definition) is 7. The van der Waals surface area contributed by atoms with E-state index in [4.69, 9.17) is 9.47 Å². The molecule has 3 aromatic rings. The number of nitrogens with zero attached hydrogens (tertiary/aromatic N) is 2. The van der Waals surface area contributed by atoms with E-state index < -0.39 is 16.9 Å². The molecule has 0 spiro atoms. The molecule has 0 atom stereocenters. The summed E-state index contributed by atoms with van der Waals surface area (Å²) in [5, 5.41) is 11.9. The number of aromatic nitrogens is 1. The molecule has 0 aliphatic carbocycles. The van der Waals surface area contributed by atoms with E-state index in [1.54, 1.807) is 26.0 Å². The van der Waals surface area contributed by atoms with Gasteiger partial charge >= 0.3 is 11.9 Å². The van der Waals surface area contributed by atoms with Crippen molar-refractivity contribution in [2.24, 2.45) is 0 Å². The van der Waals surface area contributed by atoms with Gasteiger partial charge in [-0.15, -0.1) is 0 Å². The van der Waals surface area contributed by atoms with Gasteiger partial charge in [0.25, 0.3) is 5.69 Å². The maximum absolute atomic E-state index is 12.5. The SMILES string of the molecule is CCOC(=O)c1c(COC(=O)Cc2ccccc2[N+](=O)[O-])nc2ccccc2c1C. The van der Waals surface area contributed by atoms with Crippen molar-refractivity contribution >= 4 is 28.5 Å². The summed E-state index contributed by atoms with van der Waals surface area (Å²) < 4.78 is 10.5. The van der Waals surface area contributed by atoms with E-state index in [0.717, 1.165) is 5.39 Å². The Hall–Kier alpha value is -3.81. The predicted molar refractivity (Wildman–Crippen MR) is 109 cm³/mol. The molecular weight excluding hydrogens is 388 g/mol. The van der Waals surface area contributed by atoms with Crippen LogP contribution in [0.4, 0.5) is 5.69 Å². The molecule has 0 saturated carbocycles. The van der Waals surface area contributed by atoms with Crippen LogP contribution < -0.4 is 0 Å². The highest BCUT2D eigenvalue weighted by atomic mass is 16.6. The number of aryl methyl sites for hydroxylation is 1. The Labute approximate surface area is 172 Å². The standard InChI is InChI=1S/C22H20N2O6/c1-3-29-22(26)21-14(2)16-9-5-6-10-17(16)23-18(21)13-30-20(25)12-15-8-4-7-11-19(15)24(27)28/h4-11H,3,12-13H2,1-2H3. The number of hydrogen-bond donors (Lipinski definition) is 0. The highest BCUT2D eigenvalue weighted by Crippen LogP contribution is 2.25. The van der Waals surface area contributed by atoms with Gasteiger partial charge in [0.05, 0.1) is 34.7 Å². The number of pyridine rings is 1. The molecule has 0 aliphatic heterocycles. The molecule has 3 rings (SSSR count). The normalized spacial score (nSPS) is 10.6. The number of rotatable bonds is 7. The first-order chi connectivity index (χ1) is 14.4. The van der Waals surface area contributed by atoms with Crippen LogP contribution in [0, 0.1) is 17.0 Å². The fraction of sp³-hybridized carbons (Fsp3) is 0.227. The van der Waals surface area contributed by atoms with E-state index >= 15 is 0 Å². The monoisotopic (exact) mass is 408 g/mol. The Morgan fingerprint density at radius 3 is 2.50 bits per heavy atom. The zero-order chi connectivity index (χ0) is 21.7. The van der Waals surface area contributed by atoms with Crippen molar-refractivity contribution in [1.82, 2.24) is 4.98 Å². The van der Waals surface area contributed by atoms with E-state index in [1.165, 1.54) is 18.2 Å². The lowest BCUT2D eigenvalue weighted by Crippen LogP contribution is -2.16. The fourth-order valence-corrected chi connectivity index (χ4v) is 3.21. The van der Waals surface area contributed by atoms with Crippen LogP contribution in [-0.4, -0.2) is 28.5 Å². The quantitative estimate of drug-likeness (QED) is 0.331. The summed E-state index contributed by atoms with van der Waals surface area (Å²) in [4.78, 5) is 39.9. The summed E-state index contributed by atoms with van der Waals surface area (Å²) in [5.74, 6) is -1.20. The van der Waals surface area contributed by atoms with Gasteiger partial charge in [0.2, 0.25) is 0 Å². The average Bonchev–Trinajstić information content (AvgIpc) is 2.72. The lowest BCUT2D eigenvalue weighted by molar-refractivity contribution is -0.385. The summed E-state index contributed by atoms with van der Waals surface area (Å²) in [6.45, 7) is 3.43. The van der Waals surface area contributed by atoms with Crippen molar-refractivity contribution in [3.63, 3.8) is 0 Å². The van der Waals surface area contributed by atoms with E-state index in [-0.39, 0.29) is 42.1 Å². The summed E-state index contributed by atoms with van der Waals surface area (Å²) in [6, 6.07) is 13.3. The molecule has 2 aromatic carbocycles. The number of ether oxygens (including phenoxy) is 2. The third-order valence-corrected chi connectivity index (χ3v) is 4.60. The maximum Gasteiger partial charge on any atom is 0.340 e. The first-order valence-electron chi connectivity index (χ1n) is 9.35. The summed E-state index contributed by atoms with van der Waals surface area (Å²) in [7, 11) is 0. The van der Waals surface area contributed by atoms with Crippen molar-refractivity contribution in [2.75, 3.05) is 6.61 Å². The minimum Gasteiger partial charge on any atom is -0.462 e. The van der Waals surface area contributed by atoms with Gasteiger partial charge in [-0.1, -0.05) is 36.4 Å². The molecule has 8 heteroatoms. The third kappa shape index (κ3) is 4.43. The molecule has 8 nitrogen and oxygen atoms in total. The van der Waals surface area contributed by atoms with Crippen LogP contribution >= 0.6 is 0 Å². The second-order valence-corrected chi connectivity index (χ2v) is 6.52. The summed E-state index contributed by atoms with van der Waals surface area (Å²) >= 11 is 0. The van der Waals surface area contributed by atoms with Gasteiger partial charge in [-0.05, 0) is 25.5 Å². The Morgan fingerprint density at radius 1 is 1.07 bits per heavy atom. The van der Waals surface area contributed by atoms with Crippen LogP contribution in [0.15, 0.2) is 48.5 Å². The number of nitro groups is 1. The van der Waals surface area contributed by atoms with Crippen molar-refractivity contribution in [3.8, 4) is 0 Å². The van der Waals surface area contributed by atoms with Crippen molar-refractivity contribution < 1.29 is 24.0 Å². The summed E-state index contributed by atoms with van der Waals surface area (Å²) in [5.41, 5.74) is 1.98. The molecule has 0 unspecified atom stereocenters. The zero-order valence-electron chi connectivity index (χ0n) is 16.6. The topological polar surface area (TPSA) is 109 Å². The van der Waals surface area contributed by atoms with Crippen LogP contribution in [0.2, 0.25) is 0 Å². The third-order valence-electron chi connectivity index (χ3n) is 4.60. The Balaban J connectivity index is 1.86. The number of nitro benzene ring substituents is 1. The number of esters is 2. The molecule has 0 N–H and O–H groups in total. The molecule has 154 valence electrons. The minimum atomic E-state index is -0.660. The maximum atomic E-state index is 12.5. The first kappa shape index (κ1) is 20.9. The second kappa shape index (κ2) is 9.13. The molecule has 1 aromatic heterocycles. The van der Waals surface area contributed by atoms with Gasteiger partial charge in [-0.3, -0.25) is 14.9 Å². The minimum absolute atomic E-state index is 0.152. The zero-order valence-corrected chi connectivity index (χ0v) is 16.6. The molecule has 30 heavy (non-hydrogen) atoms. The van der Waals surface area contributed by atoms with E-state index in [2.05, 4.69) is 4.98 Å². The van der Waals surface area contributed by atoms with Crippen LogP contribution in [0.1, 0.15) is 34.1 Å². The smallest absolute Gasteiger partial charge is 0.340 e. The van der Waals surface area contributed by atoms with Gasteiger partial charge in [-0.2, -0.15) is 0 Å². The van der Waals surface area contributed by atoms with E-state index in [1.807, 2.05) is 18.2 Å². The van der Waals surface area contributed by atoms with Crippen LogP contribution in [-0.2, 0) is 27.3 Å². The molecule has 0 fully saturated rings. The van der Waals surface area contributed by atoms with Crippen LogP contribution in [0.5, 0.6) is 0 Å². The first-order valence-corrected chi connectivity index (χ1v) is 9.35. The molecule has 0 amide bonds. The average molecular weight is 408 g/mol. The van der Waals surface area contributed by atoms with Crippen molar-refractivity contribution in [2.45, 2.75) is 26.9 Å². The number of benzene rings is 2. The lowest BCUT2D eigenvalue weighted by Gasteiger charge is -2.14. The molecule has 0 aliphatic rings. The Bertz CT molecular complexity index is 1130.